The maximum Gasteiger partial charge on any atom is 0.0834 e. The van der Waals surface area contributed by atoms with Gasteiger partial charge < -0.3 is 10.1 Å². The molecule has 0 spiro atoms. The molecule has 3 heteroatoms. The van der Waals surface area contributed by atoms with Crippen molar-refractivity contribution >= 4 is 17.4 Å². The summed E-state index contributed by atoms with van der Waals surface area (Å²) in [5.41, 5.74) is 1.01. The Balaban J connectivity index is 2.09. The topological polar surface area (TPSA) is 21.3 Å². The lowest BCUT2D eigenvalue weighted by molar-refractivity contribution is -0.0662. The SMILES string of the molecule is CSc1ccc(NC2CC(C)(C)OC2(C)C)cc1. The van der Waals surface area contributed by atoms with Crippen LogP contribution in [0.25, 0.3) is 0 Å². The summed E-state index contributed by atoms with van der Waals surface area (Å²) in [5, 5.41) is 3.60. The number of anilines is 1. The zero-order valence-corrected chi connectivity index (χ0v) is 12.7. The van der Waals surface area contributed by atoms with Crippen LogP contribution in [0.5, 0.6) is 0 Å². The molecule has 1 aliphatic heterocycles. The molecular weight excluding hydrogens is 242 g/mol. The summed E-state index contributed by atoms with van der Waals surface area (Å²) in [7, 11) is 0. The van der Waals surface area contributed by atoms with Gasteiger partial charge in [-0.1, -0.05) is 0 Å². The van der Waals surface area contributed by atoms with Crippen LogP contribution in [0.4, 0.5) is 5.69 Å². The molecule has 0 saturated carbocycles. The van der Waals surface area contributed by atoms with Crippen molar-refractivity contribution in [2.75, 3.05) is 11.6 Å². The first-order valence-electron chi connectivity index (χ1n) is 6.43. The largest absolute Gasteiger partial charge is 0.379 e. The molecule has 2 rings (SSSR count). The van der Waals surface area contributed by atoms with Crippen LogP contribution in [0.1, 0.15) is 34.1 Å². The van der Waals surface area contributed by atoms with Gasteiger partial charge in [-0.15, -0.1) is 11.8 Å². The molecule has 1 fully saturated rings. The molecule has 1 N–H and O–H groups in total. The summed E-state index contributed by atoms with van der Waals surface area (Å²) in [6, 6.07) is 8.95. The molecule has 1 unspecified atom stereocenters. The average Bonchev–Trinajstić information content (AvgIpc) is 2.48. The van der Waals surface area contributed by atoms with E-state index in [0.717, 1.165) is 6.42 Å². The van der Waals surface area contributed by atoms with Crippen molar-refractivity contribution in [1.82, 2.24) is 0 Å². The van der Waals surface area contributed by atoms with Gasteiger partial charge in [-0.05, 0) is 64.6 Å². The summed E-state index contributed by atoms with van der Waals surface area (Å²) >= 11 is 1.77. The highest BCUT2D eigenvalue weighted by Crippen LogP contribution is 2.38. The Bertz CT molecular complexity index is 411. The van der Waals surface area contributed by atoms with Crippen LogP contribution in [0.3, 0.4) is 0 Å². The fourth-order valence-electron chi connectivity index (χ4n) is 2.68. The number of hydrogen-bond donors (Lipinski definition) is 1. The summed E-state index contributed by atoms with van der Waals surface area (Å²) < 4.78 is 6.10. The van der Waals surface area contributed by atoms with E-state index in [1.807, 2.05) is 0 Å². The van der Waals surface area contributed by atoms with Crippen molar-refractivity contribution in [3.8, 4) is 0 Å². The standard InChI is InChI=1S/C15H23NOS/c1-14(2)10-13(15(3,4)17-14)16-11-6-8-12(18-5)9-7-11/h6-9,13,16H,10H2,1-5H3. The molecule has 1 atom stereocenters. The molecule has 18 heavy (non-hydrogen) atoms. The van der Waals surface area contributed by atoms with Gasteiger partial charge in [0.15, 0.2) is 0 Å². The lowest BCUT2D eigenvalue weighted by Gasteiger charge is -2.28. The first-order chi connectivity index (χ1) is 8.32. The first kappa shape index (κ1) is 13.8. The Labute approximate surface area is 114 Å². The van der Waals surface area contributed by atoms with Crippen LogP contribution in [0.2, 0.25) is 0 Å². The lowest BCUT2D eigenvalue weighted by Crippen LogP contribution is -2.38. The minimum absolute atomic E-state index is 0.0413. The average molecular weight is 265 g/mol. The molecule has 2 nitrogen and oxygen atoms in total. The minimum Gasteiger partial charge on any atom is -0.379 e. The van der Waals surface area contributed by atoms with Gasteiger partial charge in [-0.25, -0.2) is 0 Å². The highest BCUT2D eigenvalue weighted by molar-refractivity contribution is 7.98. The molecule has 0 bridgehead atoms. The molecule has 0 amide bonds. The van der Waals surface area contributed by atoms with Crippen LogP contribution in [-0.2, 0) is 4.74 Å². The lowest BCUT2D eigenvalue weighted by atomic mass is 9.94. The summed E-state index contributed by atoms with van der Waals surface area (Å²) in [6.07, 6.45) is 3.13. The van der Waals surface area contributed by atoms with E-state index >= 15 is 0 Å². The van der Waals surface area contributed by atoms with Gasteiger partial charge >= 0.3 is 0 Å². The second-order valence-corrected chi connectivity index (χ2v) is 6.97. The maximum atomic E-state index is 6.10. The van der Waals surface area contributed by atoms with E-state index in [4.69, 9.17) is 4.74 Å². The third-order valence-corrected chi connectivity index (χ3v) is 4.25. The van der Waals surface area contributed by atoms with E-state index in [1.165, 1.54) is 10.6 Å². The van der Waals surface area contributed by atoms with E-state index in [-0.39, 0.29) is 11.2 Å². The monoisotopic (exact) mass is 265 g/mol. The molecular formula is C15H23NOS. The third kappa shape index (κ3) is 3.01. The van der Waals surface area contributed by atoms with Crippen LogP contribution in [0, 0.1) is 0 Å². The molecule has 1 aliphatic rings. The van der Waals surface area contributed by atoms with E-state index in [9.17, 15) is 0 Å². The molecule has 1 heterocycles. The van der Waals surface area contributed by atoms with E-state index in [1.54, 1.807) is 11.8 Å². The van der Waals surface area contributed by atoms with Crippen molar-refractivity contribution in [3.05, 3.63) is 24.3 Å². The molecule has 1 saturated heterocycles. The van der Waals surface area contributed by atoms with Crippen molar-refractivity contribution in [1.29, 1.82) is 0 Å². The Morgan fingerprint density at radius 3 is 2.22 bits per heavy atom. The van der Waals surface area contributed by atoms with Crippen molar-refractivity contribution in [2.45, 2.75) is 56.3 Å². The van der Waals surface area contributed by atoms with Crippen molar-refractivity contribution < 1.29 is 4.74 Å². The number of nitrogens with one attached hydrogen (secondary N) is 1. The number of rotatable bonds is 3. The van der Waals surface area contributed by atoms with E-state index in [0.29, 0.717) is 6.04 Å². The van der Waals surface area contributed by atoms with Gasteiger partial charge in [0.1, 0.15) is 0 Å². The quantitative estimate of drug-likeness (QED) is 0.829. The molecule has 0 radical (unpaired) electrons. The Morgan fingerprint density at radius 2 is 1.78 bits per heavy atom. The smallest absolute Gasteiger partial charge is 0.0834 e. The summed E-state index contributed by atoms with van der Waals surface area (Å²) in [4.78, 5) is 1.29. The van der Waals surface area contributed by atoms with Gasteiger partial charge in [0.2, 0.25) is 0 Å². The zero-order valence-electron chi connectivity index (χ0n) is 11.9. The summed E-state index contributed by atoms with van der Waals surface area (Å²) in [5.74, 6) is 0. The fourth-order valence-corrected chi connectivity index (χ4v) is 3.08. The number of thioether (sulfide) groups is 1. The number of ether oxygens (including phenoxy) is 1. The maximum absolute atomic E-state index is 6.10. The molecule has 100 valence electrons. The second-order valence-electron chi connectivity index (χ2n) is 6.09. The minimum atomic E-state index is -0.123. The Morgan fingerprint density at radius 1 is 1.17 bits per heavy atom. The number of hydrogen-bond acceptors (Lipinski definition) is 3. The predicted octanol–water partition coefficient (Wildman–Crippen LogP) is 4.17. The highest BCUT2D eigenvalue weighted by Gasteiger charge is 2.45. The Hall–Kier alpha value is -0.670. The number of benzene rings is 1. The van der Waals surface area contributed by atoms with Gasteiger partial charge in [0.25, 0.3) is 0 Å². The van der Waals surface area contributed by atoms with Crippen LogP contribution < -0.4 is 5.32 Å². The Kier molecular flexibility index (Phi) is 3.65. The van der Waals surface area contributed by atoms with Gasteiger partial charge in [0, 0.05) is 10.6 Å². The second kappa shape index (κ2) is 4.78. The van der Waals surface area contributed by atoms with E-state index < -0.39 is 0 Å². The van der Waals surface area contributed by atoms with Crippen molar-refractivity contribution in [2.24, 2.45) is 0 Å². The van der Waals surface area contributed by atoms with Crippen molar-refractivity contribution in [3.63, 3.8) is 0 Å². The van der Waals surface area contributed by atoms with E-state index in [2.05, 4.69) is 63.5 Å². The molecule has 0 aliphatic carbocycles. The van der Waals surface area contributed by atoms with Gasteiger partial charge in [0.05, 0.1) is 17.2 Å². The normalized spacial score (nSPS) is 25.1. The summed E-state index contributed by atoms with van der Waals surface area (Å²) in [6.45, 7) is 8.64. The van der Waals surface area contributed by atoms with Crippen LogP contribution >= 0.6 is 11.8 Å². The van der Waals surface area contributed by atoms with Gasteiger partial charge in [-0.3, -0.25) is 0 Å². The zero-order chi connectivity index (χ0) is 13.4. The predicted molar refractivity (Wildman–Crippen MR) is 79.5 cm³/mol. The third-order valence-electron chi connectivity index (χ3n) is 3.51. The van der Waals surface area contributed by atoms with Gasteiger partial charge in [-0.2, -0.15) is 0 Å². The molecule has 0 aromatic heterocycles. The fraction of sp³-hybridized carbons (Fsp3) is 0.600. The molecule has 1 aromatic rings. The highest BCUT2D eigenvalue weighted by atomic mass is 32.2. The van der Waals surface area contributed by atoms with Crippen LogP contribution in [-0.4, -0.2) is 23.5 Å². The molecule has 1 aromatic carbocycles. The van der Waals surface area contributed by atoms with Crippen LogP contribution in [0.15, 0.2) is 29.2 Å². The first-order valence-corrected chi connectivity index (χ1v) is 7.66.